The van der Waals surface area contributed by atoms with Crippen molar-refractivity contribution in [1.82, 2.24) is 15.5 Å². The zero-order valence-electron chi connectivity index (χ0n) is 14.5. The van der Waals surface area contributed by atoms with E-state index in [0.717, 1.165) is 45.1 Å². The monoisotopic (exact) mass is 348 g/mol. The fraction of sp³-hybridized carbons (Fsp3) is 0.722. The van der Waals surface area contributed by atoms with Crippen LogP contribution in [0.1, 0.15) is 36.6 Å². The predicted octanol–water partition coefficient (Wildman–Crippen LogP) is 1.98. The Morgan fingerprint density at radius 3 is 3.21 bits per heavy atom. The van der Waals surface area contributed by atoms with E-state index in [2.05, 4.69) is 33.9 Å². The Labute approximate surface area is 148 Å². The highest BCUT2D eigenvalue weighted by molar-refractivity contribution is 7.10. The Kier molecular flexibility index (Phi) is 5.06. The van der Waals surface area contributed by atoms with Gasteiger partial charge in [-0.2, -0.15) is 0 Å². The van der Waals surface area contributed by atoms with E-state index in [4.69, 9.17) is 9.73 Å². The Balaban J connectivity index is 1.28. The summed E-state index contributed by atoms with van der Waals surface area (Å²) in [6.45, 7) is 7.13. The second-order valence-electron chi connectivity index (χ2n) is 7.02. The van der Waals surface area contributed by atoms with Crippen LogP contribution in [0.25, 0.3) is 0 Å². The molecule has 0 spiro atoms. The predicted molar refractivity (Wildman–Crippen MR) is 98.7 cm³/mol. The number of thiophene rings is 1. The zero-order chi connectivity index (χ0) is 16.4. The molecule has 4 heterocycles. The first-order valence-corrected chi connectivity index (χ1v) is 10.2. The van der Waals surface area contributed by atoms with Crippen molar-refractivity contribution >= 4 is 17.3 Å². The van der Waals surface area contributed by atoms with Crippen LogP contribution in [0, 0.1) is 0 Å². The van der Waals surface area contributed by atoms with Gasteiger partial charge in [-0.3, -0.25) is 9.89 Å². The van der Waals surface area contributed by atoms with Gasteiger partial charge in [-0.15, -0.1) is 11.3 Å². The largest absolute Gasteiger partial charge is 0.373 e. The number of nitrogens with zero attached hydrogens (tertiary/aromatic N) is 2. The van der Waals surface area contributed by atoms with Crippen LogP contribution in [-0.2, 0) is 17.7 Å². The molecular weight excluding hydrogens is 320 g/mol. The molecule has 3 atom stereocenters. The fourth-order valence-electron chi connectivity index (χ4n) is 4.09. The number of hydrogen-bond acceptors (Lipinski definition) is 4. The highest BCUT2D eigenvalue weighted by Crippen LogP contribution is 2.34. The molecule has 2 saturated heterocycles. The average Bonchev–Trinajstić information content (AvgIpc) is 3.31. The van der Waals surface area contributed by atoms with E-state index in [-0.39, 0.29) is 0 Å². The molecule has 1 aromatic heterocycles. The van der Waals surface area contributed by atoms with Crippen LogP contribution in [0.15, 0.2) is 16.4 Å². The van der Waals surface area contributed by atoms with E-state index in [1.807, 2.05) is 11.3 Å². The van der Waals surface area contributed by atoms with Crippen molar-refractivity contribution in [3.63, 3.8) is 0 Å². The minimum Gasteiger partial charge on any atom is -0.373 e. The van der Waals surface area contributed by atoms with Crippen LogP contribution in [0.5, 0.6) is 0 Å². The van der Waals surface area contributed by atoms with Crippen LogP contribution in [-0.4, -0.2) is 55.3 Å². The van der Waals surface area contributed by atoms with Crippen LogP contribution < -0.4 is 10.6 Å². The molecule has 3 aliphatic heterocycles. The molecule has 132 valence electrons. The molecule has 0 amide bonds. The number of hydrogen-bond donors (Lipinski definition) is 2. The standard InChI is InChI=1S/C18H28N4OS/c1-2-19-18(21-15-11-14-3-4-16(15)23-14)20-7-9-22-8-5-17-13(12-22)6-10-24-17/h6,10,14-16H,2-5,7-9,11-12H2,1H3,(H2,19,20,21). The lowest BCUT2D eigenvalue weighted by atomic mass is 9.96. The van der Waals surface area contributed by atoms with Crippen molar-refractivity contribution in [2.24, 2.45) is 4.99 Å². The van der Waals surface area contributed by atoms with Crippen molar-refractivity contribution < 1.29 is 4.74 Å². The molecule has 4 rings (SSSR count). The lowest BCUT2D eigenvalue weighted by Gasteiger charge is -2.26. The maximum absolute atomic E-state index is 5.94. The normalized spacial score (nSPS) is 29.7. The Bertz CT molecular complexity index is 587. The molecule has 2 fully saturated rings. The van der Waals surface area contributed by atoms with E-state index in [9.17, 15) is 0 Å². The lowest BCUT2D eigenvalue weighted by molar-refractivity contribution is 0.0992. The Morgan fingerprint density at radius 2 is 2.42 bits per heavy atom. The van der Waals surface area contributed by atoms with Gasteiger partial charge in [-0.25, -0.2) is 0 Å². The Morgan fingerprint density at radius 1 is 1.46 bits per heavy atom. The van der Waals surface area contributed by atoms with Crippen molar-refractivity contribution in [3.8, 4) is 0 Å². The minimum atomic E-state index is 0.387. The minimum absolute atomic E-state index is 0.387. The van der Waals surface area contributed by atoms with E-state index in [1.54, 1.807) is 4.88 Å². The van der Waals surface area contributed by atoms with Gasteiger partial charge in [0.2, 0.25) is 0 Å². The van der Waals surface area contributed by atoms with Gasteiger partial charge in [0.05, 0.1) is 24.8 Å². The van der Waals surface area contributed by atoms with Gasteiger partial charge in [-0.1, -0.05) is 0 Å². The van der Waals surface area contributed by atoms with Gasteiger partial charge in [0.1, 0.15) is 0 Å². The maximum atomic E-state index is 5.94. The second kappa shape index (κ2) is 7.42. The van der Waals surface area contributed by atoms with Crippen molar-refractivity contribution in [3.05, 3.63) is 21.9 Å². The molecule has 0 aliphatic carbocycles. The number of nitrogens with one attached hydrogen (secondary N) is 2. The van der Waals surface area contributed by atoms with Crippen molar-refractivity contribution in [2.45, 2.75) is 57.4 Å². The summed E-state index contributed by atoms with van der Waals surface area (Å²) in [6, 6.07) is 2.71. The average molecular weight is 349 g/mol. The number of guanidine groups is 1. The Hall–Kier alpha value is -1.11. The summed E-state index contributed by atoms with van der Waals surface area (Å²) in [6.07, 6.45) is 5.61. The summed E-state index contributed by atoms with van der Waals surface area (Å²) in [5.41, 5.74) is 1.51. The molecule has 5 nitrogen and oxygen atoms in total. The molecule has 3 unspecified atom stereocenters. The lowest BCUT2D eigenvalue weighted by Crippen LogP contribution is -2.47. The van der Waals surface area contributed by atoms with Crippen LogP contribution in [0.2, 0.25) is 0 Å². The van der Waals surface area contributed by atoms with Crippen LogP contribution in [0.3, 0.4) is 0 Å². The second-order valence-corrected chi connectivity index (χ2v) is 8.02. The van der Waals surface area contributed by atoms with Crippen molar-refractivity contribution in [1.29, 1.82) is 0 Å². The summed E-state index contributed by atoms with van der Waals surface area (Å²) in [7, 11) is 0. The molecular formula is C18H28N4OS. The number of fused-ring (bicyclic) bond motifs is 3. The summed E-state index contributed by atoms with van der Waals surface area (Å²) in [5, 5.41) is 9.20. The van der Waals surface area contributed by atoms with E-state index in [0.29, 0.717) is 18.2 Å². The molecule has 24 heavy (non-hydrogen) atoms. The van der Waals surface area contributed by atoms with Gasteiger partial charge >= 0.3 is 0 Å². The topological polar surface area (TPSA) is 48.9 Å². The summed E-state index contributed by atoms with van der Waals surface area (Å²) < 4.78 is 5.94. The highest BCUT2D eigenvalue weighted by atomic mass is 32.1. The quantitative estimate of drug-likeness (QED) is 0.631. The third kappa shape index (κ3) is 3.60. The molecule has 1 aromatic rings. The smallest absolute Gasteiger partial charge is 0.191 e. The molecule has 6 heteroatoms. The number of rotatable bonds is 5. The van der Waals surface area contributed by atoms with Crippen LogP contribution in [0.4, 0.5) is 0 Å². The van der Waals surface area contributed by atoms with Crippen LogP contribution >= 0.6 is 11.3 Å². The van der Waals surface area contributed by atoms with Gasteiger partial charge in [-0.05, 0) is 49.6 Å². The number of aliphatic imine (C=N–C) groups is 1. The van der Waals surface area contributed by atoms with Gasteiger partial charge < -0.3 is 15.4 Å². The van der Waals surface area contributed by atoms with Gasteiger partial charge in [0.15, 0.2) is 5.96 Å². The first-order chi connectivity index (χ1) is 11.8. The summed E-state index contributed by atoms with van der Waals surface area (Å²) in [4.78, 5) is 8.89. The molecule has 0 radical (unpaired) electrons. The zero-order valence-corrected chi connectivity index (χ0v) is 15.3. The maximum Gasteiger partial charge on any atom is 0.191 e. The third-order valence-electron chi connectivity index (χ3n) is 5.35. The van der Waals surface area contributed by atoms with E-state index in [1.165, 1.54) is 24.8 Å². The molecule has 0 aromatic carbocycles. The highest BCUT2D eigenvalue weighted by Gasteiger charge is 2.41. The third-order valence-corrected chi connectivity index (χ3v) is 6.37. The molecule has 2 bridgehead atoms. The molecule has 3 aliphatic rings. The van der Waals surface area contributed by atoms with Gasteiger partial charge in [0, 0.05) is 31.1 Å². The molecule has 0 saturated carbocycles. The fourth-order valence-corrected chi connectivity index (χ4v) is 4.98. The first-order valence-electron chi connectivity index (χ1n) is 9.29. The molecule has 2 N–H and O–H groups in total. The SMILES string of the molecule is CCNC(=NCCN1CCc2sccc2C1)NC1CC2CCC1O2. The van der Waals surface area contributed by atoms with E-state index < -0.39 is 0 Å². The summed E-state index contributed by atoms with van der Waals surface area (Å²) >= 11 is 1.90. The van der Waals surface area contributed by atoms with Crippen molar-refractivity contribution in [2.75, 3.05) is 26.2 Å². The summed E-state index contributed by atoms with van der Waals surface area (Å²) in [5.74, 6) is 0.951. The first kappa shape index (κ1) is 16.4. The number of ether oxygens (including phenoxy) is 1. The van der Waals surface area contributed by atoms with Gasteiger partial charge in [0.25, 0.3) is 0 Å². The van der Waals surface area contributed by atoms with E-state index >= 15 is 0 Å².